The third kappa shape index (κ3) is 3.08. The van der Waals surface area contributed by atoms with Crippen LogP contribution in [0.1, 0.15) is 41.4 Å². The van der Waals surface area contributed by atoms with Crippen LogP contribution in [0.15, 0.2) is 0 Å². The van der Waals surface area contributed by atoms with Gasteiger partial charge in [0.1, 0.15) is 6.67 Å². The summed E-state index contributed by atoms with van der Waals surface area (Å²) in [5.41, 5.74) is -1.20. The highest BCUT2D eigenvalue weighted by Gasteiger charge is 2.47. The normalized spacial score (nSPS) is 15.4. The van der Waals surface area contributed by atoms with E-state index in [4.69, 9.17) is 92.8 Å². The number of nitrogens with zero attached hydrogens (tertiary/aromatic N) is 2. The van der Waals surface area contributed by atoms with Crippen molar-refractivity contribution < 1.29 is 19.2 Å². The summed E-state index contributed by atoms with van der Waals surface area (Å²) >= 11 is 48.2. The number of carbonyl (C=O) groups is 4. The van der Waals surface area contributed by atoms with Gasteiger partial charge in [0, 0.05) is 0 Å². The molecule has 160 valence electrons. The van der Waals surface area contributed by atoms with Crippen LogP contribution in [0.25, 0.3) is 0 Å². The second-order valence-corrected chi connectivity index (χ2v) is 9.25. The summed E-state index contributed by atoms with van der Waals surface area (Å²) in [4.78, 5) is 52.7. The summed E-state index contributed by atoms with van der Waals surface area (Å²) in [5, 5.41) is -2.06. The molecule has 0 unspecified atom stereocenters. The minimum Gasteiger partial charge on any atom is -0.268 e. The van der Waals surface area contributed by atoms with Gasteiger partial charge in [0.15, 0.2) is 0 Å². The zero-order valence-electron chi connectivity index (χ0n) is 14.3. The molecule has 0 saturated heterocycles. The van der Waals surface area contributed by atoms with Gasteiger partial charge in [-0.2, -0.15) is 0 Å². The lowest BCUT2D eigenvalue weighted by Gasteiger charge is -2.20. The third-order valence-corrected chi connectivity index (χ3v) is 8.26. The van der Waals surface area contributed by atoms with Crippen LogP contribution in [-0.4, -0.2) is 40.1 Å². The highest BCUT2D eigenvalue weighted by Crippen LogP contribution is 2.47. The molecule has 0 aliphatic carbocycles. The molecule has 0 N–H and O–H groups in total. The van der Waals surface area contributed by atoms with Crippen LogP contribution >= 0.6 is 92.8 Å². The molecule has 0 atom stereocenters. The maximum Gasteiger partial charge on any atom is 0.264 e. The van der Waals surface area contributed by atoms with E-state index in [-0.39, 0.29) is 62.4 Å². The molecule has 2 heterocycles. The second kappa shape index (κ2) is 7.82. The summed E-state index contributed by atoms with van der Waals surface area (Å²) < 4.78 is 0. The number of carbonyl (C=O) groups excluding carboxylic acids is 4. The minimum atomic E-state index is -0.935. The molecule has 0 radical (unpaired) electrons. The molecule has 2 aliphatic heterocycles. The molecule has 0 spiro atoms. The summed E-state index contributed by atoms with van der Waals surface area (Å²) in [5.74, 6) is -3.74. The Balaban J connectivity index is 1.78. The third-order valence-electron chi connectivity index (χ3n) is 4.65. The zero-order chi connectivity index (χ0) is 23.1. The van der Waals surface area contributed by atoms with Crippen LogP contribution in [0.4, 0.5) is 0 Å². The number of imide groups is 2. The lowest BCUT2D eigenvalue weighted by Crippen LogP contribution is -2.43. The van der Waals surface area contributed by atoms with Crippen molar-refractivity contribution in [1.82, 2.24) is 9.80 Å². The first-order valence-corrected chi connectivity index (χ1v) is 10.9. The summed E-state index contributed by atoms with van der Waals surface area (Å²) in [6.45, 7) is -0.789. The Kier molecular flexibility index (Phi) is 5.85. The SMILES string of the molecule is O=C1c2c(Cl)c(Cl)c(Cl)c(Cl)c2C(=O)N1CN1C(=O)c2c(Cl)c(Cl)c(Cl)c(Cl)c2C1=O. The zero-order valence-corrected chi connectivity index (χ0v) is 20.3. The number of hydrogen-bond donors (Lipinski definition) is 0. The standard InChI is InChI=1S/C17H2Cl8N2O4/c18-6-2-3(7(19)11(23)10(6)22)15(29)26(14(2)28)1-27-16(30)4-5(17(27)31)9(21)13(25)12(24)8(4)20/h1H2. The molecule has 0 bridgehead atoms. The molecule has 4 amide bonds. The van der Waals surface area contributed by atoms with Crippen molar-refractivity contribution in [2.24, 2.45) is 0 Å². The Bertz CT molecular complexity index is 1100. The predicted octanol–water partition coefficient (Wildman–Crippen LogP) is 6.76. The van der Waals surface area contributed by atoms with Crippen LogP contribution < -0.4 is 0 Å². The Hall–Kier alpha value is -0.960. The van der Waals surface area contributed by atoms with Crippen molar-refractivity contribution in [3.8, 4) is 0 Å². The van der Waals surface area contributed by atoms with Crippen molar-refractivity contribution in [2.75, 3.05) is 6.67 Å². The summed E-state index contributed by atoms with van der Waals surface area (Å²) in [6, 6.07) is 0. The van der Waals surface area contributed by atoms with Crippen molar-refractivity contribution in [3.05, 3.63) is 62.4 Å². The fourth-order valence-electron chi connectivity index (χ4n) is 3.19. The van der Waals surface area contributed by atoms with E-state index >= 15 is 0 Å². The van der Waals surface area contributed by atoms with E-state index in [9.17, 15) is 19.2 Å². The molecule has 0 fully saturated rings. The number of benzene rings is 2. The van der Waals surface area contributed by atoms with Gasteiger partial charge in [0.2, 0.25) is 0 Å². The second-order valence-electron chi connectivity index (χ2n) is 6.23. The van der Waals surface area contributed by atoms with E-state index < -0.39 is 30.3 Å². The summed E-state index contributed by atoms with van der Waals surface area (Å²) in [7, 11) is 0. The maximum atomic E-state index is 12.9. The Labute approximate surface area is 213 Å². The van der Waals surface area contributed by atoms with Gasteiger partial charge in [-0.05, 0) is 0 Å². The molecular weight excluding hydrogens is 580 g/mol. The molecule has 14 heteroatoms. The van der Waals surface area contributed by atoms with E-state index in [0.29, 0.717) is 9.80 Å². The van der Waals surface area contributed by atoms with Gasteiger partial charge in [0.25, 0.3) is 23.6 Å². The van der Waals surface area contributed by atoms with E-state index in [1.807, 2.05) is 0 Å². The molecule has 2 aromatic rings. The van der Waals surface area contributed by atoms with Gasteiger partial charge in [-0.25, -0.2) is 0 Å². The van der Waals surface area contributed by atoms with E-state index in [2.05, 4.69) is 0 Å². The fourth-order valence-corrected chi connectivity index (χ4v) is 5.22. The molecule has 0 saturated carbocycles. The van der Waals surface area contributed by atoms with Crippen LogP contribution in [0.3, 0.4) is 0 Å². The van der Waals surface area contributed by atoms with Gasteiger partial charge in [-0.1, -0.05) is 92.8 Å². The Morgan fingerprint density at radius 2 is 0.581 bits per heavy atom. The van der Waals surface area contributed by atoms with Crippen LogP contribution in [0.5, 0.6) is 0 Å². The van der Waals surface area contributed by atoms with Crippen LogP contribution in [-0.2, 0) is 0 Å². The molecule has 2 aromatic carbocycles. The van der Waals surface area contributed by atoms with Gasteiger partial charge in [-0.3, -0.25) is 29.0 Å². The van der Waals surface area contributed by atoms with Gasteiger partial charge in [-0.15, -0.1) is 0 Å². The fraction of sp³-hybridized carbons (Fsp3) is 0.0588. The largest absolute Gasteiger partial charge is 0.268 e. The molecule has 0 aromatic heterocycles. The first kappa shape index (κ1) is 23.2. The number of amides is 4. The average molecular weight is 582 g/mol. The quantitative estimate of drug-likeness (QED) is 0.223. The average Bonchev–Trinajstić information content (AvgIpc) is 3.13. The number of rotatable bonds is 2. The Morgan fingerprint density at radius 3 is 0.774 bits per heavy atom. The number of fused-ring (bicyclic) bond motifs is 2. The van der Waals surface area contributed by atoms with E-state index in [0.717, 1.165) is 0 Å². The monoisotopic (exact) mass is 578 g/mol. The molecule has 6 nitrogen and oxygen atoms in total. The topological polar surface area (TPSA) is 74.8 Å². The summed E-state index contributed by atoms with van der Waals surface area (Å²) in [6.07, 6.45) is 0. The Morgan fingerprint density at radius 1 is 0.387 bits per heavy atom. The molecule has 31 heavy (non-hydrogen) atoms. The molecule has 4 rings (SSSR count). The molecular formula is C17H2Cl8N2O4. The number of halogens is 8. The van der Waals surface area contributed by atoms with Gasteiger partial charge in [0.05, 0.1) is 62.4 Å². The highest BCUT2D eigenvalue weighted by atomic mass is 35.5. The first-order chi connectivity index (χ1) is 14.4. The smallest absolute Gasteiger partial charge is 0.264 e. The molecule has 2 aliphatic rings. The van der Waals surface area contributed by atoms with Gasteiger partial charge >= 0.3 is 0 Å². The highest BCUT2D eigenvalue weighted by molar-refractivity contribution is 6.56. The van der Waals surface area contributed by atoms with Crippen LogP contribution in [0, 0.1) is 0 Å². The van der Waals surface area contributed by atoms with Crippen molar-refractivity contribution >= 4 is 116 Å². The van der Waals surface area contributed by atoms with Gasteiger partial charge < -0.3 is 0 Å². The van der Waals surface area contributed by atoms with Crippen molar-refractivity contribution in [3.63, 3.8) is 0 Å². The van der Waals surface area contributed by atoms with Crippen molar-refractivity contribution in [1.29, 1.82) is 0 Å². The van der Waals surface area contributed by atoms with Crippen LogP contribution in [0.2, 0.25) is 40.2 Å². The first-order valence-electron chi connectivity index (χ1n) is 7.86. The van der Waals surface area contributed by atoms with E-state index in [1.54, 1.807) is 0 Å². The lowest BCUT2D eigenvalue weighted by atomic mass is 10.1. The van der Waals surface area contributed by atoms with Crippen molar-refractivity contribution in [2.45, 2.75) is 0 Å². The van der Waals surface area contributed by atoms with E-state index in [1.165, 1.54) is 0 Å². The predicted molar refractivity (Wildman–Crippen MR) is 119 cm³/mol. The minimum absolute atomic E-state index is 0.223. The number of hydrogen-bond acceptors (Lipinski definition) is 4. The maximum absolute atomic E-state index is 12.9. The lowest BCUT2D eigenvalue weighted by molar-refractivity contribution is 0.0472.